The maximum atomic E-state index is 12.4. The average molecular weight is 455 g/mol. The van der Waals surface area contributed by atoms with Gasteiger partial charge < -0.3 is 14.5 Å². The minimum Gasteiger partial charge on any atom is -0.486 e. The first-order chi connectivity index (χ1) is 15.2. The fraction of sp³-hybridized carbons (Fsp3) is 0.136. The molecule has 0 aliphatic heterocycles. The molecule has 0 aliphatic rings. The third-order valence-corrected chi connectivity index (χ3v) is 5.44. The third kappa shape index (κ3) is 5.90. The Bertz CT molecular complexity index is 1130. The van der Waals surface area contributed by atoms with E-state index in [0.717, 1.165) is 11.5 Å². The van der Waals surface area contributed by atoms with Crippen LogP contribution in [0, 0.1) is 0 Å². The Hall–Kier alpha value is -3.23. The lowest BCUT2D eigenvalue weighted by Crippen LogP contribution is -2.15. The molecular formula is C22H19ClN4O3S. The van der Waals surface area contributed by atoms with Crippen molar-refractivity contribution in [1.29, 1.82) is 0 Å². The van der Waals surface area contributed by atoms with Gasteiger partial charge in [0.05, 0.1) is 18.6 Å². The lowest BCUT2D eigenvalue weighted by molar-refractivity contribution is -0.113. The molecule has 0 unspecified atom stereocenters. The van der Waals surface area contributed by atoms with E-state index in [9.17, 15) is 4.79 Å². The van der Waals surface area contributed by atoms with Crippen LogP contribution >= 0.6 is 23.4 Å². The Labute approximate surface area is 188 Å². The van der Waals surface area contributed by atoms with Gasteiger partial charge in [-0.1, -0.05) is 47.6 Å². The maximum absolute atomic E-state index is 12.4. The number of aromatic nitrogens is 3. The number of anilines is 1. The van der Waals surface area contributed by atoms with Gasteiger partial charge in [-0.3, -0.25) is 9.36 Å². The Morgan fingerprint density at radius 1 is 1.10 bits per heavy atom. The van der Waals surface area contributed by atoms with Crippen molar-refractivity contribution in [2.45, 2.75) is 18.3 Å². The molecule has 2 heterocycles. The summed E-state index contributed by atoms with van der Waals surface area (Å²) < 4.78 is 13.2. The summed E-state index contributed by atoms with van der Waals surface area (Å²) in [4.78, 5) is 12.4. The zero-order valence-corrected chi connectivity index (χ0v) is 18.0. The number of amides is 1. The van der Waals surface area contributed by atoms with Gasteiger partial charge in [0.2, 0.25) is 5.91 Å². The van der Waals surface area contributed by atoms with Crippen LogP contribution in [-0.4, -0.2) is 26.4 Å². The number of nitrogens with one attached hydrogen (secondary N) is 1. The number of benzene rings is 2. The average Bonchev–Trinajstić information content (AvgIpc) is 3.42. The molecule has 2 aromatic heterocycles. The predicted molar refractivity (Wildman–Crippen MR) is 119 cm³/mol. The fourth-order valence-corrected chi connectivity index (χ4v) is 3.75. The van der Waals surface area contributed by atoms with Crippen LogP contribution in [-0.2, 0) is 17.9 Å². The molecule has 0 aliphatic carbocycles. The molecule has 31 heavy (non-hydrogen) atoms. The molecule has 0 bridgehead atoms. The van der Waals surface area contributed by atoms with E-state index >= 15 is 0 Å². The lowest BCUT2D eigenvalue weighted by atomic mass is 10.3. The van der Waals surface area contributed by atoms with Crippen LogP contribution in [0.2, 0.25) is 5.02 Å². The van der Waals surface area contributed by atoms with Gasteiger partial charge >= 0.3 is 0 Å². The van der Waals surface area contributed by atoms with Crippen molar-refractivity contribution >= 4 is 35.0 Å². The van der Waals surface area contributed by atoms with Crippen molar-refractivity contribution in [2.24, 2.45) is 0 Å². The van der Waals surface area contributed by atoms with E-state index < -0.39 is 0 Å². The topological polar surface area (TPSA) is 82.2 Å². The standard InChI is InChI=1S/C22H19ClN4O3S/c23-16-6-4-7-17(12-16)24-21(28)15-31-22-26-25-20(14-30-18-8-2-1-3-9-18)27(22)13-19-10-5-11-29-19/h1-12H,13-15H2,(H,24,28). The Morgan fingerprint density at radius 2 is 1.97 bits per heavy atom. The number of hydrogen-bond acceptors (Lipinski definition) is 6. The lowest BCUT2D eigenvalue weighted by Gasteiger charge is -2.10. The van der Waals surface area contributed by atoms with Gasteiger partial charge in [0, 0.05) is 10.7 Å². The third-order valence-electron chi connectivity index (χ3n) is 4.24. The molecule has 0 saturated heterocycles. The van der Waals surface area contributed by atoms with Gasteiger partial charge in [-0.25, -0.2) is 0 Å². The molecule has 0 atom stereocenters. The zero-order chi connectivity index (χ0) is 21.5. The molecule has 9 heteroatoms. The minimum atomic E-state index is -0.165. The van der Waals surface area contributed by atoms with Crippen LogP contribution in [0.15, 0.2) is 82.6 Å². The molecule has 158 valence electrons. The second-order valence-electron chi connectivity index (χ2n) is 6.51. The summed E-state index contributed by atoms with van der Waals surface area (Å²) in [6, 6.07) is 20.2. The fourth-order valence-electron chi connectivity index (χ4n) is 2.81. The number of furan rings is 1. The van der Waals surface area contributed by atoms with Crippen LogP contribution in [0.25, 0.3) is 0 Å². The normalized spacial score (nSPS) is 10.7. The summed E-state index contributed by atoms with van der Waals surface area (Å²) in [5.41, 5.74) is 0.645. The SMILES string of the molecule is O=C(CSc1nnc(COc2ccccc2)n1Cc1ccco1)Nc1cccc(Cl)c1. The number of hydrogen-bond donors (Lipinski definition) is 1. The molecule has 2 aromatic carbocycles. The quantitative estimate of drug-likeness (QED) is 0.363. The molecular weight excluding hydrogens is 436 g/mol. The van der Waals surface area contributed by atoms with E-state index in [0.29, 0.717) is 28.2 Å². The number of rotatable bonds is 9. The summed E-state index contributed by atoms with van der Waals surface area (Å²) in [6.07, 6.45) is 1.62. The number of ether oxygens (including phenoxy) is 1. The number of carbonyl (C=O) groups excluding carboxylic acids is 1. The molecule has 1 N–H and O–H groups in total. The first-order valence-electron chi connectivity index (χ1n) is 9.48. The van der Waals surface area contributed by atoms with E-state index in [1.165, 1.54) is 11.8 Å². The highest BCUT2D eigenvalue weighted by Crippen LogP contribution is 2.21. The predicted octanol–water partition coefficient (Wildman–Crippen LogP) is 4.88. The number of carbonyl (C=O) groups is 1. The summed E-state index contributed by atoms with van der Waals surface area (Å²) in [6.45, 7) is 0.679. The van der Waals surface area contributed by atoms with Gasteiger partial charge in [0.15, 0.2) is 11.0 Å². The second-order valence-corrected chi connectivity index (χ2v) is 7.89. The number of halogens is 1. The van der Waals surface area contributed by atoms with Crippen molar-refractivity contribution in [3.05, 3.63) is 89.6 Å². The Balaban J connectivity index is 1.44. The molecule has 0 saturated carbocycles. The Morgan fingerprint density at radius 3 is 2.74 bits per heavy atom. The summed E-state index contributed by atoms with van der Waals surface area (Å²) >= 11 is 7.26. The second kappa shape index (κ2) is 10.2. The smallest absolute Gasteiger partial charge is 0.234 e. The van der Waals surface area contributed by atoms with E-state index in [1.807, 2.05) is 47.0 Å². The molecule has 0 spiro atoms. The van der Waals surface area contributed by atoms with Crippen molar-refractivity contribution < 1.29 is 13.9 Å². The van der Waals surface area contributed by atoms with Gasteiger partial charge in [-0.15, -0.1) is 10.2 Å². The molecule has 0 fully saturated rings. The van der Waals surface area contributed by atoms with Crippen LogP contribution in [0.3, 0.4) is 0 Å². The largest absolute Gasteiger partial charge is 0.486 e. The van der Waals surface area contributed by atoms with E-state index in [-0.39, 0.29) is 18.3 Å². The van der Waals surface area contributed by atoms with Crippen molar-refractivity contribution in [2.75, 3.05) is 11.1 Å². The number of para-hydroxylation sites is 1. The summed E-state index contributed by atoms with van der Waals surface area (Å²) in [5, 5.41) is 12.5. The van der Waals surface area contributed by atoms with Crippen molar-refractivity contribution in [1.82, 2.24) is 14.8 Å². The zero-order valence-electron chi connectivity index (χ0n) is 16.4. The van der Waals surface area contributed by atoms with E-state index in [4.69, 9.17) is 20.8 Å². The van der Waals surface area contributed by atoms with Crippen molar-refractivity contribution in [3.8, 4) is 5.75 Å². The van der Waals surface area contributed by atoms with E-state index in [1.54, 1.807) is 30.5 Å². The van der Waals surface area contributed by atoms with Crippen LogP contribution in [0.5, 0.6) is 5.75 Å². The minimum absolute atomic E-state index is 0.165. The first-order valence-corrected chi connectivity index (χ1v) is 10.8. The molecule has 4 aromatic rings. The highest BCUT2D eigenvalue weighted by atomic mass is 35.5. The highest BCUT2D eigenvalue weighted by molar-refractivity contribution is 7.99. The van der Waals surface area contributed by atoms with Crippen LogP contribution < -0.4 is 10.1 Å². The highest BCUT2D eigenvalue weighted by Gasteiger charge is 2.16. The number of thioether (sulfide) groups is 1. The molecule has 1 amide bonds. The summed E-state index contributed by atoms with van der Waals surface area (Å²) in [7, 11) is 0. The number of nitrogens with zero attached hydrogens (tertiary/aromatic N) is 3. The van der Waals surface area contributed by atoms with Gasteiger partial charge in [0.25, 0.3) is 0 Å². The van der Waals surface area contributed by atoms with Crippen LogP contribution in [0.4, 0.5) is 5.69 Å². The van der Waals surface area contributed by atoms with Gasteiger partial charge in [0.1, 0.15) is 18.1 Å². The summed E-state index contributed by atoms with van der Waals surface area (Å²) in [5.74, 6) is 2.14. The molecule has 7 nitrogen and oxygen atoms in total. The Kier molecular flexibility index (Phi) is 6.91. The molecule has 0 radical (unpaired) electrons. The monoisotopic (exact) mass is 454 g/mol. The van der Waals surface area contributed by atoms with E-state index in [2.05, 4.69) is 15.5 Å². The first kappa shape index (κ1) is 21.0. The maximum Gasteiger partial charge on any atom is 0.234 e. The molecule has 4 rings (SSSR count). The van der Waals surface area contributed by atoms with Crippen LogP contribution in [0.1, 0.15) is 11.6 Å². The van der Waals surface area contributed by atoms with Gasteiger partial charge in [-0.2, -0.15) is 0 Å². The van der Waals surface area contributed by atoms with Crippen molar-refractivity contribution in [3.63, 3.8) is 0 Å². The van der Waals surface area contributed by atoms with Gasteiger partial charge in [-0.05, 0) is 42.5 Å².